The zero-order chi connectivity index (χ0) is 11.4. The first-order valence-electron chi connectivity index (χ1n) is 5.31. The minimum atomic E-state index is -0.504. The first-order chi connectivity index (χ1) is 7.02. The molecule has 0 radical (unpaired) electrons. The van der Waals surface area contributed by atoms with E-state index >= 15 is 0 Å². The Kier molecular flexibility index (Phi) is 4.08. The molecule has 0 spiro atoms. The van der Waals surface area contributed by atoms with Crippen LogP contribution in [0.3, 0.4) is 0 Å². The molecule has 1 heterocycles. The summed E-state index contributed by atoms with van der Waals surface area (Å²) in [5, 5.41) is 5.85. The maximum atomic E-state index is 11.7. The third-order valence-electron chi connectivity index (χ3n) is 2.76. The van der Waals surface area contributed by atoms with Gasteiger partial charge in [-0.15, -0.1) is 0 Å². The maximum Gasteiger partial charge on any atom is 0.236 e. The lowest BCUT2D eigenvalue weighted by atomic mass is 9.91. The second-order valence-corrected chi connectivity index (χ2v) is 4.30. The third kappa shape index (κ3) is 3.20. The molecule has 1 aliphatic rings. The quantitative estimate of drug-likeness (QED) is 0.573. The average molecular weight is 213 g/mol. The number of primary amides is 1. The van der Waals surface area contributed by atoms with Crippen molar-refractivity contribution in [1.82, 2.24) is 10.6 Å². The van der Waals surface area contributed by atoms with E-state index in [1.54, 1.807) is 0 Å². The average Bonchev–Trinajstić information content (AvgIpc) is 2.62. The SMILES string of the molecule is CC(C)C1NCCC1C(=O)NCC(N)=O. The van der Waals surface area contributed by atoms with Gasteiger partial charge < -0.3 is 16.4 Å². The van der Waals surface area contributed by atoms with Crippen molar-refractivity contribution in [3.63, 3.8) is 0 Å². The Bertz CT molecular complexity index is 253. The van der Waals surface area contributed by atoms with Crippen LogP contribution >= 0.6 is 0 Å². The molecule has 0 aromatic rings. The maximum absolute atomic E-state index is 11.7. The van der Waals surface area contributed by atoms with Crippen molar-refractivity contribution in [3.05, 3.63) is 0 Å². The Balaban J connectivity index is 2.47. The Labute approximate surface area is 89.8 Å². The molecule has 0 aliphatic carbocycles. The van der Waals surface area contributed by atoms with Crippen LogP contribution in [0.2, 0.25) is 0 Å². The van der Waals surface area contributed by atoms with Crippen molar-refractivity contribution in [2.75, 3.05) is 13.1 Å². The minimum Gasteiger partial charge on any atom is -0.368 e. The second-order valence-electron chi connectivity index (χ2n) is 4.30. The summed E-state index contributed by atoms with van der Waals surface area (Å²) in [4.78, 5) is 22.2. The summed E-state index contributed by atoms with van der Waals surface area (Å²) in [6, 6.07) is 0.206. The number of nitrogens with two attached hydrogens (primary N) is 1. The minimum absolute atomic E-state index is 0.0376. The molecule has 5 heteroatoms. The summed E-state index contributed by atoms with van der Waals surface area (Å²) < 4.78 is 0. The zero-order valence-electron chi connectivity index (χ0n) is 9.25. The summed E-state index contributed by atoms with van der Waals surface area (Å²) in [6.07, 6.45) is 0.827. The van der Waals surface area contributed by atoms with Gasteiger partial charge in [-0.2, -0.15) is 0 Å². The lowest BCUT2D eigenvalue weighted by Gasteiger charge is -2.22. The van der Waals surface area contributed by atoms with Crippen molar-refractivity contribution in [2.24, 2.45) is 17.6 Å². The zero-order valence-corrected chi connectivity index (χ0v) is 9.25. The molecule has 5 nitrogen and oxygen atoms in total. The molecular formula is C10H19N3O2. The summed E-state index contributed by atoms with van der Waals surface area (Å²) in [5.41, 5.74) is 4.96. The van der Waals surface area contributed by atoms with Gasteiger partial charge in [-0.25, -0.2) is 0 Å². The number of carbonyl (C=O) groups excluding carboxylic acids is 2. The van der Waals surface area contributed by atoms with E-state index < -0.39 is 5.91 Å². The molecule has 2 amide bonds. The molecule has 2 atom stereocenters. The Morgan fingerprint density at radius 3 is 2.73 bits per heavy atom. The Morgan fingerprint density at radius 1 is 1.53 bits per heavy atom. The predicted octanol–water partition coefficient (Wildman–Crippen LogP) is -0.778. The topological polar surface area (TPSA) is 84.2 Å². The van der Waals surface area contributed by atoms with E-state index in [9.17, 15) is 9.59 Å². The van der Waals surface area contributed by atoms with Crippen LogP contribution in [0, 0.1) is 11.8 Å². The van der Waals surface area contributed by atoms with Gasteiger partial charge in [0.2, 0.25) is 11.8 Å². The number of rotatable bonds is 4. The standard InChI is InChI=1S/C10H19N3O2/c1-6(2)9-7(3-4-12-9)10(15)13-5-8(11)14/h6-7,9,12H,3-5H2,1-2H3,(H2,11,14)(H,13,15). The fourth-order valence-corrected chi connectivity index (χ4v) is 2.03. The van der Waals surface area contributed by atoms with Crippen molar-refractivity contribution >= 4 is 11.8 Å². The lowest BCUT2D eigenvalue weighted by molar-refractivity contribution is -0.128. The van der Waals surface area contributed by atoms with Gasteiger partial charge in [-0.3, -0.25) is 9.59 Å². The molecule has 1 rings (SSSR count). The number of carbonyl (C=O) groups is 2. The van der Waals surface area contributed by atoms with Gasteiger partial charge in [-0.1, -0.05) is 13.8 Å². The smallest absolute Gasteiger partial charge is 0.236 e. The van der Waals surface area contributed by atoms with Gasteiger partial charge in [-0.05, 0) is 18.9 Å². The van der Waals surface area contributed by atoms with Gasteiger partial charge in [0.25, 0.3) is 0 Å². The van der Waals surface area contributed by atoms with Gasteiger partial charge in [0, 0.05) is 6.04 Å². The van der Waals surface area contributed by atoms with E-state index in [0.717, 1.165) is 13.0 Å². The molecule has 2 unspecified atom stereocenters. The molecule has 86 valence electrons. The molecule has 0 aromatic carbocycles. The van der Waals surface area contributed by atoms with E-state index in [4.69, 9.17) is 5.73 Å². The van der Waals surface area contributed by atoms with Crippen molar-refractivity contribution < 1.29 is 9.59 Å². The monoisotopic (exact) mass is 213 g/mol. The molecular weight excluding hydrogens is 194 g/mol. The summed E-state index contributed by atoms with van der Waals surface area (Å²) in [6.45, 7) is 4.95. The van der Waals surface area contributed by atoms with E-state index in [0.29, 0.717) is 5.92 Å². The normalized spacial score (nSPS) is 25.5. The lowest BCUT2D eigenvalue weighted by Crippen LogP contribution is -2.43. The van der Waals surface area contributed by atoms with Crippen LogP contribution < -0.4 is 16.4 Å². The van der Waals surface area contributed by atoms with Crippen molar-refractivity contribution in [3.8, 4) is 0 Å². The highest BCUT2D eigenvalue weighted by Gasteiger charge is 2.34. The van der Waals surface area contributed by atoms with Crippen LogP contribution in [0.25, 0.3) is 0 Å². The van der Waals surface area contributed by atoms with E-state index in [1.807, 2.05) is 0 Å². The molecule has 1 saturated heterocycles. The highest BCUT2D eigenvalue weighted by atomic mass is 16.2. The fraction of sp³-hybridized carbons (Fsp3) is 0.800. The molecule has 1 fully saturated rings. The van der Waals surface area contributed by atoms with E-state index in [1.165, 1.54) is 0 Å². The summed E-state index contributed by atoms with van der Waals surface area (Å²) >= 11 is 0. The van der Waals surface area contributed by atoms with E-state index in [2.05, 4.69) is 24.5 Å². The van der Waals surface area contributed by atoms with Crippen molar-refractivity contribution in [1.29, 1.82) is 0 Å². The van der Waals surface area contributed by atoms with Gasteiger partial charge in [0.1, 0.15) is 0 Å². The number of amides is 2. The number of hydrogen-bond acceptors (Lipinski definition) is 3. The summed E-state index contributed by atoms with van der Waals surface area (Å²) in [7, 11) is 0. The first-order valence-corrected chi connectivity index (χ1v) is 5.31. The predicted molar refractivity (Wildman–Crippen MR) is 56.9 cm³/mol. The highest BCUT2D eigenvalue weighted by Crippen LogP contribution is 2.21. The van der Waals surface area contributed by atoms with Crippen molar-refractivity contribution in [2.45, 2.75) is 26.3 Å². The van der Waals surface area contributed by atoms with Crippen LogP contribution in [0.5, 0.6) is 0 Å². The van der Waals surface area contributed by atoms with Gasteiger partial charge in [0.15, 0.2) is 0 Å². The molecule has 1 aliphatic heterocycles. The van der Waals surface area contributed by atoms with Gasteiger partial charge in [0.05, 0.1) is 12.5 Å². The van der Waals surface area contributed by atoms with Crippen LogP contribution in [0.15, 0.2) is 0 Å². The Hall–Kier alpha value is -1.10. The molecule has 0 saturated carbocycles. The molecule has 15 heavy (non-hydrogen) atoms. The molecule has 0 aromatic heterocycles. The largest absolute Gasteiger partial charge is 0.368 e. The first kappa shape index (κ1) is 12.0. The van der Waals surface area contributed by atoms with Crippen LogP contribution in [-0.4, -0.2) is 30.9 Å². The van der Waals surface area contributed by atoms with Crippen LogP contribution in [-0.2, 0) is 9.59 Å². The molecule has 0 bridgehead atoms. The number of nitrogens with one attached hydrogen (secondary N) is 2. The Morgan fingerprint density at radius 2 is 2.20 bits per heavy atom. The third-order valence-corrected chi connectivity index (χ3v) is 2.76. The molecule has 4 N–H and O–H groups in total. The van der Waals surface area contributed by atoms with Crippen LogP contribution in [0.1, 0.15) is 20.3 Å². The van der Waals surface area contributed by atoms with Gasteiger partial charge >= 0.3 is 0 Å². The highest BCUT2D eigenvalue weighted by molar-refractivity contribution is 5.85. The number of hydrogen-bond donors (Lipinski definition) is 3. The summed E-state index contributed by atoms with van der Waals surface area (Å²) in [5.74, 6) is -0.200. The second kappa shape index (κ2) is 5.11. The van der Waals surface area contributed by atoms with E-state index in [-0.39, 0.29) is 24.4 Å². The van der Waals surface area contributed by atoms with Crippen LogP contribution in [0.4, 0.5) is 0 Å². The fourth-order valence-electron chi connectivity index (χ4n) is 2.03.